The summed E-state index contributed by atoms with van der Waals surface area (Å²) in [6.07, 6.45) is 4.26. The summed E-state index contributed by atoms with van der Waals surface area (Å²) >= 11 is 0. The quantitative estimate of drug-likeness (QED) is 0.720. The first-order valence-electron chi connectivity index (χ1n) is 8.28. The monoisotopic (exact) mass is 316 g/mol. The van der Waals surface area contributed by atoms with Crippen LogP contribution in [0.2, 0.25) is 0 Å². The van der Waals surface area contributed by atoms with E-state index in [-0.39, 0.29) is 23.3 Å². The molecule has 0 bridgehead atoms. The third-order valence-corrected chi connectivity index (χ3v) is 5.03. The predicted molar refractivity (Wildman–Crippen MR) is 93.8 cm³/mol. The number of phenols is 2. The normalized spacial score (nSPS) is 27.6. The molecule has 1 aliphatic rings. The van der Waals surface area contributed by atoms with Gasteiger partial charge in [-0.05, 0) is 62.8 Å². The van der Waals surface area contributed by atoms with Crippen LogP contribution >= 0.6 is 0 Å². The van der Waals surface area contributed by atoms with Gasteiger partial charge < -0.3 is 15.3 Å². The van der Waals surface area contributed by atoms with Gasteiger partial charge in [0.25, 0.3) is 0 Å². The van der Waals surface area contributed by atoms with Crippen LogP contribution in [0, 0.1) is 5.92 Å². The van der Waals surface area contributed by atoms with Gasteiger partial charge in [0.15, 0.2) is 0 Å². The van der Waals surface area contributed by atoms with E-state index in [0.29, 0.717) is 12.0 Å². The van der Waals surface area contributed by atoms with Crippen LogP contribution in [-0.2, 0) is 6.42 Å². The van der Waals surface area contributed by atoms with Crippen molar-refractivity contribution in [2.45, 2.75) is 58.5 Å². The topological polar surface area (TPSA) is 60.7 Å². The molecule has 1 aromatic carbocycles. The lowest BCUT2D eigenvalue weighted by Crippen LogP contribution is -2.35. The minimum atomic E-state index is -0.881. The van der Waals surface area contributed by atoms with E-state index in [0.717, 1.165) is 29.6 Å². The Morgan fingerprint density at radius 1 is 1.30 bits per heavy atom. The number of aromatic hydroxyl groups is 2. The van der Waals surface area contributed by atoms with Crippen LogP contribution in [0.1, 0.15) is 57.6 Å². The van der Waals surface area contributed by atoms with Gasteiger partial charge in [-0.25, -0.2) is 0 Å². The van der Waals surface area contributed by atoms with E-state index in [1.54, 1.807) is 19.1 Å². The molecule has 0 saturated carbocycles. The van der Waals surface area contributed by atoms with Gasteiger partial charge in [0.1, 0.15) is 11.5 Å². The molecule has 3 atom stereocenters. The number of allylic oxidation sites excluding steroid dienone is 2. The first kappa shape index (κ1) is 17.6. The second kappa shape index (κ2) is 6.40. The van der Waals surface area contributed by atoms with Crippen molar-refractivity contribution in [1.29, 1.82) is 0 Å². The van der Waals surface area contributed by atoms with Crippen molar-refractivity contribution in [3.63, 3.8) is 0 Å². The molecule has 0 radical (unpaired) electrons. The maximum atomic E-state index is 10.5. The largest absolute Gasteiger partial charge is 0.507 e. The van der Waals surface area contributed by atoms with Gasteiger partial charge in [0.05, 0.1) is 5.60 Å². The second-order valence-electron chi connectivity index (χ2n) is 7.10. The average Bonchev–Trinajstić information content (AvgIpc) is 2.42. The number of hydrogen-bond donors (Lipinski definition) is 3. The lowest BCUT2D eigenvalue weighted by atomic mass is 9.68. The van der Waals surface area contributed by atoms with E-state index in [1.165, 1.54) is 0 Å². The summed E-state index contributed by atoms with van der Waals surface area (Å²) in [6, 6.07) is 3.48. The average molecular weight is 316 g/mol. The molecule has 2 rings (SSSR count). The molecule has 126 valence electrons. The summed E-state index contributed by atoms with van der Waals surface area (Å²) in [4.78, 5) is 0. The zero-order valence-corrected chi connectivity index (χ0v) is 14.6. The van der Waals surface area contributed by atoms with E-state index in [4.69, 9.17) is 0 Å². The van der Waals surface area contributed by atoms with Gasteiger partial charge in [-0.1, -0.05) is 31.6 Å². The van der Waals surface area contributed by atoms with Crippen molar-refractivity contribution in [2.24, 2.45) is 5.92 Å². The second-order valence-corrected chi connectivity index (χ2v) is 7.10. The fourth-order valence-corrected chi connectivity index (χ4v) is 3.50. The first-order valence-corrected chi connectivity index (χ1v) is 8.28. The van der Waals surface area contributed by atoms with E-state index >= 15 is 0 Å². The van der Waals surface area contributed by atoms with Crippen LogP contribution in [0.5, 0.6) is 11.5 Å². The fourth-order valence-electron chi connectivity index (χ4n) is 3.50. The smallest absolute Gasteiger partial charge is 0.123 e. The number of benzene rings is 1. The summed E-state index contributed by atoms with van der Waals surface area (Å²) in [5.41, 5.74) is 2.38. The Hall–Kier alpha value is -1.74. The highest BCUT2D eigenvalue weighted by Crippen LogP contribution is 2.48. The van der Waals surface area contributed by atoms with E-state index in [1.807, 2.05) is 19.9 Å². The maximum Gasteiger partial charge on any atom is 0.123 e. The van der Waals surface area contributed by atoms with Crippen molar-refractivity contribution in [3.8, 4) is 11.5 Å². The summed E-state index contributed by atoms with van der Waals surface area (Å²) in [6.45, 7) is 11.7. The molecule has 3 heteroatoms. The van der Waals surface area contributed by atoms with Gasteiger partial charge in [0, 0.05) is 11.5 Å². The molecule has 1 aromatic rings. The van der Waals surface area contributed by atoms with Crippen molar-refractivity contribution >= 4 is 0 Å². The molecule has 0 amide bonds. The van der Waals surface area contributed by atoms with Crippen molar-refractivity contribution in [1.82, 2.24) is 0 Å². The molecule has 3 nitrogen and oxygen atoms in total. The Balaban J connectivity index is 2.54. The molecule has 0 aliphatic heterocycles. The SMILES string of the molecule is C=C(C)[C@@H]1CC(C)(O)C(C)=C[C@H]1c1c(O)cc(CCC)cc1O. The minimum absolute atomic E-state index is 0.0254. The van der Waals surface area contributed by atoms with Crippen LogP contribution in [0.15, 0.2) is 35.9 Å². The highest BCUT2D eigenvalue weighted by Gasteiger charge is 2.38. The number of aryl methyl sites for hydroxylation is 1. The number of aliphatic hydroxyl groups is 1. The molecule has 0 saturated heterocycles. The Morgan fingerprint density at radius 3 is 2.35 bits per heavy atom. The summed E-state index contributed by atoms with van der Waals surface area (Å²) in [5, 5.41) is 31.5. The summed E-state index contributed by atoms with van der Waals surface area (Å²) in [7, 11) is 0. The molecule has 0 heterocycles. The summed E-state index contributed by atoms with van der Waals surface area (Å²) < 4.78 is 0. The standard InChI is InChI=1S/C20H28O3/c1-6-7-14-9-17(21)19(18(22)10-14)15-8-13(4)20(5,23)11-16(15)12(2)3/h8-10,15-16,21-23H,2,6-7,11H2,1,3-5H3/t15-,16+,20?/m1/s1. The maximum absolute atomic E-state index is 10.5. The molecule has 23 heavy (non-hydrogen) atoms. The van der Waals surface area contributed by atoms with Crippen LogP contribution in [0.4, 0.5) is 0 Å². The van der Waals surface area contributed by atoms with Crippen LogP contribution < -0.4 is 0 Å². The minimum Gasteiger partial charge on any atom is -0.507 e. The molecule has 3 N–H and O–H groups in total. The van der Waals surface area contributed by atoms with Crippen molar-refractivity contribution in [3.05, 3.63) is 47.1 Å². The van der Waals surface area contributed by atoms with Gasteiger partial charge >= 0.3 is 0 Å². The first-order chi connectivity index (χ1) is 10.7. The van der Waals surface area contributed by atoms with Crippen molar-refractivity contribution in [2.75, 3.05) is 0 Å². The van der Waals surface area contributed by atoms with Gasteiger partial charge in [0.2, 0.25) is 0 Å². The highest BCUT2D eigenvalue weighted by atomic mass is 16.3. The zero-order valence-electron chi connectivity index (χ0n) is 14.6. The molecular formula is C20H28O3. The Bertz CT molecular complexity index is 617. The Morgan fingerprint density at radius 2 is 1.87 bits per heavy atom. The number of phenolic OH excluding ortho intramolecular Hbond substituents is 2. The third-order valence-electron chi connectivity index (χ3n) is 5.03. The van der Waals surface area contributed by atoms with Gasteiger partial charge in [-0.2, -0.15) is 0 Å². The molecule has 0 fully saturated rings. The molecule has 0 aromatic heterocycles. The molecule has 0 spiro atoms. The van der Waals surface area contributed by atoms with Gasteiger partial charge in [-0.15, -0.1) is 0 Å². The third kappa shape index (κ3) is 3.45. The molecule has 1 unspecified atom stereocenters. The molecule has 1 aliphatic carbocycles. The van der Waals surface area contributed by atoms with Crippen LogP contribution in [-0.4, -0.2) is 20.9 Å². The predicted octanol–water partition coefficient (Wildman–Crippen LogP) is 4.43. The van der Waals surface area contributed by atoms with Crippen LogP contribution in [0.3, 0.4) is 0 Å². The Kier molecular flexibility index (Phi) is 4.90. The van der Waals surface area contributed by atoms with E-state index < -0.39 is 5.60 Å². The number of hydrogen-bond acceptors (Lipinski definition) is 3. The van der Waals surface area contributed by atoms with Crippen molar-refractivity contribution < 1.29 is 15.3 Å². The van der Waals surface area contributed by atoms with E-state index in [2.05, 4.69) is 13.5 Å². The van der Waals surface area contributed by atoms with Gasteiger partial charge in [-0.3, -0.25) is 0 Å². The van der Waals surface area contributed by atoms with E-state index in [9.17, 15) is 15.3 Å². The molecular weight excluding hydrogens is 288 g/mol. The summed E-state index contributed by atoms with van der Waals surface area (Å²) in [5.74, 6) is 0.0384. The lowest BCUT2D eigenvalue weighted by Gasteiger charge is -2.39. The lowest BCUT2D eigenvalue weighted by molar-refractivity contribution is 0.0641. The zero-order chi connectivity index (χ0) is 17.4. The number of rotatable bonds is 4. The Labute approximate surface area is 139 Å². The highest BCUT2D eigenvalue weighted by molar-refractivity contribution is 5.52. The fraction of sp³-hybridized carbons (Fsp3) is 0.500. The van der Waals surface area contributed by atoms with Crippen LogP contribution in [0.25, 0.3) is 0 Å².